The smallest absolute Gasteiger partial charge is 0.265 e. The van der Waals surface area contributed by atoms with Gasteiger partial charge in [0.25, 0.3) is 5.56 Å². The molecule has 1 N–H and O–H groups in total. The van der Waals surface area contributed by atoms with Crippen LogP contribution in [0, 0.1) is 17.5 Å². The zero-order valence-electron chi connectivity index (χ0n) is 9.72. The van der Waals surface area contributed by atoms with E-state index in [1.54, 1.807) is 0 Å². The quantitative estimate of drug-likeness (QED) is 0.683. The second-order valence-electron chi connectivity index (χ2n) is 3.61. The number of H-pyrrole nitrogens is 1. The molecule has 1 heterocycles. The van der Waals surface area contributed by atoms with Gasteiger partial charge < -0.3 is 0 Å². The average molecular weight is 299 g/mol. The van der Waals surface area contributed by atoms with Crippen molar-refractivity contribution in [3.63, 3.8) is 0 Å². The van der Waals surface area contributed by atoms with Crippen LogP contribution >= 0.6 is 23.8 Å². The Morgan fingerprint density at radius 1 is 1.58 bits per heavy atom. The number of nitrogens with one attached hydrogen (secondary N) is 1. The predicted molar refractivity (Wildman–Crippen MR) is 72.8 cm³/mol. The first-order valence-electron chi connectivity index (χ1n) is 5.17. The number of rotatable bonds is 2. The molecular weight excluding hydrogens is 291 g/mol. The third-order valence-electron chi connectivity index (χ3n) is 2.32. The summed E-state index contributed by atoms with van der Waals surface area (Å²) in [6, 6.07) is 4.24. The first-order chi connectivity index (χ1) is 9.00. The summed E-state index contributed by atoms with van der Waals surface area (Å²) in [6.45, 7) is 1.51. The van der Waals surface area contributed by atoms with Gasteiger partial charge in [0, 0.05) is 5.56 Å². The van der Waals surface area contributed by atoms with Crippen LogP contribution in [0.15, 0.2) is 28.1 Å². The Morgan fingerprint density at radius 2 is 2.32 bits per heavy atom. The van der Waals surface area contributed by atoms with Crippen molar-refractivity contribution >= 4 is 30.0 Å². The second-order valence-corrected chi connectivity index (χ2v) is 4.40. The number of aromatic nitrogens is 3. The van der Waals surface area contributed by atoms with E-state index >= 15 is 0 Å². The number of nitrogens with zero attached hydrogens (tertiary/aromatic N) is 3. The molecule has 0 saturated heterocycles. The van der Waals surface area contributed by atoms with E-state index in [1.807, 2.05) is 0 Å². The van der Waals surface area contributed by atoms with Crippen molar-refractivity contribution in [2.45, 2.75) is 6.92 Å². The monoisotopic (exact) mass is 298 g/mol. The van der Waals surface area contributed by atoms with Crippen molar-refractivity contribution in [1.29, 1.82) is 0 Å². The maximum Gasteiger partial charge on any atom is 0.296 e. The summed E-state index contributed by atoms with van der Waals surface area (Å²) < 4.78 is 14.5. The highest BCUT2D eigenvalue weighted by atomic mass is 35.5. The summed E-state index contributed by atoms with van der Waals surface area (Å²) in [6.07, 6.45) is 1.14. The molecule has 0 atom stereocenters. The lowest BCUT2D eigenvalue weighted by atomic mass is 10.2. The maximum absolute atomic E-state index is 13.5. The van der Waals surface area contributed by atoms with E-state index in [0.717, 1.165) is 10.9 Å². The SMILES string of the molecule is Cc1n[nH]c(=S)n(/N=C/c2c(F)cccc2Cl)c1=O. The molecule has 0 aliphatic heterocycles. The molecule has 5 nitrogen and oxygen atoms in total. The fourth-order valence-corrected chi connectivity index (χ4v) is 1.71. The summed E-state index contributed by atoms with van der Waals surface area (Å²) in [4.78, 5) is 11.8. The fraction of sp³-hybridized carbons (Fsp3) is 0.0909. The molecule has 1 aromatic heterocycles. The molecule has 2 aromatic rings. The van der Waals surface area contributed by atoms with Gasteiger partial charge in [-0.15, -0.1) is 0 Å². The van der Waals surface area contributed by atoms with Crippen molar-refractivity contribution in [2.24, 2.45) is 5.10 Å². The number of halogens is 2. The number of benzene rings is 1. The van der Waals surface area contributed by atoms with Gasteiger partial charge in [0.1, 0.15) is 11.5 Å². The first kappa shape index (κ1) is 13.6. The van der Waals surface area contributed by atoms with Crippen molar-refractivity contribution < 1.29 is 4.39 Å². The van der Waals surface area contributed by atoms with Gasteiger partial charge in [0.05, 0.1) is 11.2 Å². The summed E-state index contributed by atoms with van der Waals surface area (Å²) in [7, 11) is 0. The molecule has 0 saturated carbocycles. The summed E-state index contributed by atoms with van der Waals surface area (Å²) in [5.74, 6) is -0.537. The Morgan fingerprint density at radius 3 is 3.00 bits per heavy atom. The fourth-order valence-electron chi connectivity index (χ4n) is 1.33. The van der Waals surface area contributed by atoms with Crippen molar-refractivity contribution in [3.8, 4) is 0 Å². The lowest BCUT2D eigenvalue weighted by Gasteiger charge is -2.01. The molecule has 0 bridgehead atoms. The van der Waals surface area contributed by atoms with E-state index in [1.165, 1.54) is 25.1 Å². The minimum absolute atomic E-state index is 0.0133. The van der Waals surface area contributed by atoms with Crippen LogP contribution in [0.3, 0.4) is 0 Å². The van der Waals surface area contributed by atoms with Crippen LogP contribution < -0.4 is 5.56 Å². The predicted octanol–water partition coefficient (Wildman–Crippen LogP) is 2.28. The van der Waals surface area contributed by atoms with Crippen LogP contribution in [0.1, 0.15) is 11.3 Å². The van der Waals surface area contributed by atoms with Crippen LogP contribution in [-0.2, 0) is 0 Å². The molecule has 0 fully saturated rings. The molecule has 0 unspecified atom stereocenters. The van der Waals surface area contributed by atoms with Crippen molar-refractivity contribution in [1.82, 2.24) is 14.9 Å². The Bertz CT molecular complexity index is 748. The normalized spacial score (nSPS) is 11.1. The minimum atomic E-state index is -0.537. The van der Waals surface area contributed by atoms with Gasteiger partial charge in [-0.1, -0.05) is 17.7 Å². The molecule has 8 heteroatoms. The average Bonchev–Trinajstić information content (AvgIpc) is 2.37. The maximum atomic E-state index is 13.5. The van der Waals surface area contributed by atoms with Gasteiger partial charge in [0.2, 0.25) is 4.77 Å². The molecule has 98 valence electrons. The third-order valence-corrected chi connectivity index (χ3v) is 2.91. The largest absolute Gasteiger partial charge is 0.296 e. The Balaban J connectivity index is 2.53. The number of aryl methyl sites for hydroxylation is 1. The van der Waals surface area contributed by atoms with Crippen LogP contribution in [0.2, 0.25) is 5.02 Å². The van der Waals surface area contributed by atoms with Gasteiger partial charge in [-0.3, -0.25) is 9.89 Å². The number of aromatic amines is 1. The Labute approximate surface area is 117 Å². The molecular formula is C11H8ClFN4OS. The van der Waals surface area contributed by atoms with Crippen molar-refractivity contribution in [2.75, 3.05) is 0 Å². The Hall–Kier alpha value is -1.86. The van der Waals surface area contributed by atoms with Gasteiger partial charge in [-0.05, 0) is 31.3 Å². The molecule has 1 aromatic carbocycles. The minimum Gasteiger partial charge on any atom is -0.265 e. The lowest BCUT2D eigenvalue weighted by Crippen LogP contribution is -2.22. The topological polar surface area (TPSA) is 63.0 Å². The lowest BCUT2D eigenvalue weighted by molar-refractivity contribution is 0.625. The van der Waals surface area contributed by atoms with Crippen molar-refractivity contribution in [3.05, 3.63) is 55.4 Å². The van der Waals surface area contributed by atoms with Crippen LogP contribution in [0.25, 0.3) is 0 Å². The Kier molecular flexibility index (Phi) is 3.87. The summed E-state index contributed by atoms with van der Waals surface area (Å²) in [5.41, 5.74) is -0.197. The van der Waals surface area contributed by atoms with E-state index in [-0.39, 0.29) is 21.1 Å². The number of hydrogen-bond donors (Lipinski definition) is 1. The summed E-state index contributed by atoms with van der Waals surface area (Å²) in [5, 5.41) is 10.2. The highest BCUT2D eigenvalue weighted by Gasteiger charge is 2.05. The standard InChI is InChI=1S/C11H8ClFN4OS/c1-6-10(18)17(11(19)16-15-6)14-5-7-8(12)3-2-4-9(7)13/h2-5H,1H3,(H,16,19)/b14-5+. The second kappa shape index (κ2) is 5.41. The van der Waals surface area contributed by atoms with Gasteiger partial charge >= 0.3 is 0 Å². The summed E-state index contributed by atoms with van der Waals surface area (Å²) >= 11 is 10.7. The van der Waals surface area contributed by atoms with Crippen LogP contribution in [-0.4, -0.2) is 21.1 Å². The number of hydrogen-bond acceptors (Lipinski definition) is 4. The van der Waals surface area contributed by atoms with E-state index in [4.69, 9.17) is 23.8 Å². The van der Waals surface area contributed by atoms with Gasteiger partial charge in [-0.2, -0.15) is 14.9 Å². The van der Waals surface area contributed by atoms with Gasteiger partial charge in [-0.25, -0.2) is 4.39 Å². The molecule has 19 heavy (non-hydrogen) atoms. The molecule has 0 radical (unpaired) electrons. The van der Waals surface area contributed by atoms with Gasteiger partial charge in [0.15, 0.2) is 0 Å². The van der Waals surface area contributed by atoms with E-state index in [2.05, 4.69) is 15.3 Å². The molecule has 0 spiro atoms. The highest BCUT2D eigenvalue weighted by molar-refractivity contribution is 7.71. The molecule has 0 aliphatic carbocycles. The third kappa shape index (κ3) is 2.77. The van der Waals surface area contributed by atoms with E-state index < -0.39 is 11.4 Å². The zero-order valence-corrected chi connectivity index (χ0v) is 11.3. The molecule has 2 rings (SSSR count). The van der Waals surface area contributed by atoms with Crippen LogP contribution in [0.4, 0.5) is 4.39 Å². The van der Waals surface area contributed by atoms with E-state index in [9.17, 15) is 9.18 Å². The van der Waals surface area contributed by atoms with Crippen LogP contribution in [0.5, 0.6) is 0 Å². The highest BCUT2D eigenvalue weighted by Crippen LogP contribution is 2.16. The first-order valence-corrected chi connectivity index (χ1v) is 5.96. The molecule has 0 aliphatic rings. The van der Waals surface area contributed by atoms with E-state index in [0.29, 0.717) is 0 Å². The molecule has 0 amide bonds. The zero-order chi connectivity index (χ0) is 14.0.